The van der Waals surface area contributed by atoms with Crippen molar-refractivity contribution in [2.24, 2.45) is 22.9 Å². The Labute approximate surface area is 158 Å². The van der Waals surface area contributed by atoms with E-state index in [-0.39, 0.29) is 6.42 Å². The molecule has 0 aromatic carbocycles. The molecule has 0 rings (SSSR count). The lowest BCUT2D eigenvalue weighted by Crippen LogP contribution is -2.55. The zero-order valence-electron chi connectivity index (χ0n) is 15.5. The Hall–Kier alpha value is -2.24. The normalized spacial score (nSPS) is 14.0. The average Bonchev–Trinajstić information content (AvgIpc) is 2.59. The molecule has 0 aliphatic heterocycles. The van der Waals surface area contributed by atoms with Crippen molar-refractivity contribution < 1.29 is 24.3 Å². The number of rotatable bonds is 15. The van der Waals surface area contributed by atoms with Crippen LogP contribution >= 0.6 is 0 Å². The fourth-order valence-electron chi connectivity index (χ4n) is 2.35. The van der Waals surface area contributed by atoms with E-state index in [9.17, 15) is 19.2 Å². The fraction of sp³-hybridized carbons (Fsp3) is 0.750. The summed E-state index contributed by atoms with van der Waals surface area (Å²) in [6.45, 7) is 0.912. The Morgan fingerprint density at radius 1 is 0.815 bits per heavy atom. The number of aliphatic carboxylic acids is 1. The van der Waals surface area contributed by atoms with E-state index in [0.29, 0.717) is 38.8 Å². The summed E-state index contributed by atoms with van der Waals surface area (Å²) in [6.07, 6.45) is 2.70. The van der Waals surface area contributed by atoms with E-state index in [4.69, 9.17) is 28.0 Å². The largest absolute Gasteiger partial charge is 0.480 e. The van der Waals surface area contributed by atoms with Gasteiger partial charge in [-0.05, 0) is 45.2 Å². The van der Waals surface area contributed by atoms with Gasteiger partial charge >= 0.3 is 5.97 Å². The molecule has 27 heavy (non-hydrogen) atoms. The summed E-state index contributed by atoms with van der Waals surface area (Å²) in [5.41, 5.74) is 21.6. The van der Waals surface area contributed by atoms with Gasteiger partial charge in [-0.25, -0.2) is 4.79 Å². The summed E-state index contributed by atoms with van der Waals surface area (Å²) in [7, 11) is 0. The predicted octanol–water partition coefficient (Wildman–Crippen LogP) is -2.50. The highest BCUT2D eigenvalue weighted by Gasteiger charge is 2.28. The lowest BCUT2D eigenvalue weighted by Gasteiger charge is -2.22. The quantitative estimate of drug-likeness (QED) is 0.148. The molecule has 0 saturated carbocycles. The number of hydrogen-bond donors (Lipinski definition) is 7. The van der Waals surface area contributed by atoms with Gasteiger partial charge in [-0.1, -0.05) is 6.42 Å². The van der Waals surface area contributed by atoms with Crippen LogP contribution in [-0.2, 0) is 19.2 Å². The van der Waals surface area contributed by atoms with E-state index >= 15 is 0 Å². The van der Waals surface area contributed by atoms with Crippen LogP contribution in [0.15, 0.2) is 0 Å². The molecule has 0 aliphatic carbocycles. The van der Waals surface area contributed by atoms with Crippen molar-refractivity contribution in [2.45, 2.75) is 63.1 Å². The Morgan fingerprint density at radius 3 is 1.81 bits per heavy atom. The van der Waals surface area contributed by atoms with Crippen molar-refractivity contribution in [2.75, 3.05) is 13.1 Å². The zero-order valence-corrected chi connectivity index (χ0v) is 15.5. The third-order valence-electron chi connectivity index (χ3n) is 3.91. The van der Waals surface area contributed by atoms with Gasteiger partial charge in [0.2, 0.25) is 17.7 Å². The van der Waals surface area contributed by atoms with Gasteiger partial charge in [-0.3, -0.25) is 14.4 Å². The first-order valence-electron chi connectivity index (χ1n) is 9.00. The van der Waals surface area contributed by atoms with Crippen LogP contribution in [0.5, 0.6) is 0 Å². The van der Waals surface area contributed by atoms with Crippen LogP contribution in [0.1, 0.15) is 44.9 Å². The topological polar surface area (TPSA) is 217 Å². The molecule has 0 bridgehead atoms. The zero-order chi connectivity index (χ0) is 20.8. The van der Waals surface area contributed by atoms with Crippen molar-refractivity contribution in [1.82, 2.24) is 10.6 Å². The van der Waals surface area contributed by atoms with E-state index in [1.165, 1.54) is 0 Å². The van der Waals surface area contributed by atoms with Crippen LogP contribution < -0.4 is 33.6 Å². The first kappa shape index (κ1) is 24.8. The molecule has 11 heteroatoms. The smallest absolute Gasteiger partial charge is 0.326 e. The SMILES string of the molecule is NCCCC[C@H](N)C(=O)N[C@H](CCCCN)C(=O)N[C@@H](CC(N)=O)C(=O)O. The molecule has 156 valence electrons. The minimum Gasteiger partial charge on any atom is -0.480 e. The van der Waals surface area contributed by atoms with Gasteiger partial charge in [0, 0.05) is 0 Å². The number of nitrogens with two attached hydrogens (primary N) is 4. The summed E-state index contributed by atoms with van der Waals surface area (Å²) in [4.78, 5) is 46.8. The van der Waals surface area contributed by atoms with Crippen molar-refractivity contribution in [1.29, 1.82) is 0 Å². The van der Waals surface area contributed by atoms with Crippen LogP contribution in [0.25, 0.3) is 0 Å². The van der Waals surface area contributed by atoms with Crippen LogP contribution in [0, 0.1) is 0 Å². The van der Waals surface area contributed by atoms with E-state index in [1.807, 2.05) is 0 Å². The predicted molar refractivity (Wildman–Crippen MR) is 99.1 cm³/mol. The van der Waals surface area contributed by atoms with Crippen molar-refractivity contribution in [3.8, 4) is 0 Å². The van der Waals surface area contributed by atoms with E-state index in [2.05, 4.69) is 10.6 Å². The molecule has 0 aliphatic rings. The Kier molecular flexibility index (Phi) is 12.7. The lowest BCUT2D eigenvalue weighted by molar-refractivity contribution is -0.143. The molecular formula is C16H32N6O5. The monoisotopic (exact) mass is 388 g/mol. The summed E-state index contributed by atoms with van der Waals surface area (Å²) in [5, 5.41) is 13.9. The third kappa shape index (κ3) is 11.2. The molecule has 0 unspecified atom stereocenters. The van der Waals surface area contributed by atoms with E-state index in [1.54, 1.807) is 0 Å². The summed E-state index contributed by atoms with van der Waals surface area (Å²) >= 11 is 0. The highest BCUT2D eigenvalue weighted by atomic mass is 16.4. The fourth-order valence-corrected chi connectivity index (χ4v) is 2.35. The number of amides is 3. The van der Waals surface area contributed by atoms with Crippen LogP contribution in [0.2, 0.25) is 0 Å². The number of carboxylic acids is 1. The number of carboxylic acid groups (broad SMARTS) is 1. The van der Waals surface area contributed by atoms with Crippen LogP contribution in [0.4, 0.5) is 0 Å². The molecule has 0 spiro atoms. The summed E-state index contributed by atoms with van der Waals surface area (Å²) in [5.74, 6) is -3.49. The van der Waals surface area contributed by atoms with Crippen LogP contribution in [-0.4, -0.2) is 60.0 Å². The second kappa shape index (κ2) is 13.9. The average molecular weight is 388 g/mol. The van der Waals surface area contributed by atoms with Gasteiger partial charge in [0.1, 0.15) is 12.1 Å². The molecule has 0 aromatic rings. The molecule has 11 nitrogen and oxygen atoms in total. The first-order valence-corrected chi connectivity index (χ1v) is 9.00. The molecule has 3 amide bonds. The molecule has 0 fully saturated rings. The maximum atomic E-state index is 12.4. The number of carbonyl (C=O) groups excluding carboxylic acids is 3. The maximum Gasteiger partial charge on any atom is 0.326 e. The molecule has 3 atom stereocenters. The Balaban J connectivity index is 4.93. The van der Waals surface area contributed by atoms with Gasteiger partial charge in [0.05, 0.1) is 12.5 Å². The Bertz CT molecular complexity index is 502. The molecule has 0 radical (unpaired) electrons. The second-order valence-corrected chi connectivity index (χ2v) is 6.31. The minimum absolute atomic E-state index is 0.257. The lowest BCUT2D eigenvalue weighted by atomic mass is 10.1. The highest BCUT2D eigenvalue weighted by Crippen LogP contribution is 2.05. The highest BCUT2D eigenvalue weighted by molar-refractivity contribution is 5.93. The summed E-state index contributed by atoms with van der Waals surface area (Å²) in [6, 6.07) is -3.26. The van der Waals surface area contributed by atoms with Crippen LogP contribution in [0.3, 0.4) is 0 Å². The van der Waals surface area contributed by atoms with Crippen molar-refractivity contribution in [3.05, 3.63) is 0 Å². The van der Waals surface area contributed by atoms with Gasteiger partial charge < -0.3 is 38.7 Å². The molecule has 11 N–H and O–H groups in total. The molecule has 0 saturated heterocycles. The maximum absolute atomic E-state index is 12.4. The Morgan fingerprint density at radius 2 is 1.33 bits per heavy atom. The molecular weight excluding hydrogens is 356 g/mol. The molecule has 0 aromatic heterocycles. The van der Waals surface area contributed by atoms with Gasteiger partial charge in [0.25, 0.3) is 0 Å². The molecule has 0 heterocycles. The number of carbonyl (C=O) groups is 4. The summed E-state index contributed by atoms with van der Waals surface area (Å²) < 4.78 is 0. The van der Waals surface area contributed by atoms with Gasteiger partial charge in [-0.2, -0.15) is 0 Å². The van der Waals surface area contributed by atoms with Crippen molar-refractivity contribution in [3.63, 3.8) is 0 Å². The third-order valence-corrected chi connectivity index (χ3v) is 3.91. The van der Waals surface area contributed by atoms with Gasteiger partial charge in [-0.15, -0.1) is 0 Å². The second-order valence-electron chi connectivity index (χ2n) is 6.31. The number of hydrogen-bond acceptors (Lipinski definition) is 7. The number of unbranched alkanes of at least 4 members (excludes halogenated alkanes) is 2. The number of nitrogens with one attached hydrogen (secondary N) is 2. The minimum atomic E-state index is -1.47. The van der Waals surface area contributed by atoms with E-state index in [0.717, 1.165) is 6.42 Å². The van der Waals surface area contributed by atoms with E-state index < -0.39 is 48.2 Å². The standard InChI is InChI=1S/C16H32N6O5/c17-7-3-1-5-10(19)14(24)21-11(6-2-4-8-18)15(25)22-12(16(26)27)9-13(20)23/h10-12H,1-9,17-19H2,(H2,20,23)(H,21,24)(H,22,25)(H,26,27)/t10-,11+,12-/m0/s1. The van der Waals surface area contributed by atoms with Crippen molar-refractivity contribution >= 4 is 23.7 Å². The van der Waals surface area contributed by atoms with Gasteiger partial charge in [0.15, 0.2) is 0 Å². The first-order chi connectivity index (χ1) is 12.7. The number of primary amides is 1.